The Morgan fingerprint density at radius 3 is 2.09 bits per heavy atom. The SMILES string of the molecule is CCCCCCSCc1c(OCOC)cccc1OCOC. The Morgan fingerprint density at radius 1 is 0.909 bits per heavy atom. The zero-order valence-corrected chi connectivity index (χ0v) is 14.7. The van der Waals surface area contributed by atoms with Gasteiger partial charge < -0.3 is 18.9 Å². The molecular weight excluding hydrogens is 300 g/mol. The van der Waals surface area contributed by atoms with E-state index in [1.54, 1.807) is 14.2 Å². The third-order valence-electron chi connectivity index (χ3n) is 3.14. The molecule has 22 heavy (non-hydrogen) atoms. The summed E-state index contributed by atoms with van der Waals surface area (Å²) in [5.74, 6) is 3.65. The Bertz CT molecular complexity index is 372. The molecule has 5 heteroatoms. The van der Waals surface area contributed by atoms with Crippen LogP contribution in [0.3, 0.4) is 0 Å². The fourth-order valence-corrected chi connectivity index (χ4v) is 3.05. The minimum Gasteiger partial charge on any atom is -0.467 e. The maximum Gasteiger partial charge on any atom is 0.188 e. The van der Waals surface area contributed by atoms with Crippen LogP contribution in [0.15, 0.2) is 18.2 Å². The second-order valence-corrected chi connectivity index (χ2v) is 6.05. The fourth-order valence-electron chi connectivity index (χ4n) is 2.01. The number of methoxy groups -OCH3 is 2. The first-order chi connectivity index (χ1) is 10.8. The van der Waals surface area contributed by atoms with Gasteiger partial charge in [0.1, 0.15) is 11.5 Å². The van der Waals surface area contributed by atoms with Gasteiger partial charge in [0.05, 0.1) is 0 Å². The van der Waals surface area contributed by atoms with Crippen LogP contribution in [-0.4, -0.2) is 33.6 Å². The fraction of sp³-hybridized carbons (Fsp3) is 0.647. The smallest absolute Gasteiger partial charge is 0.188 e. The van der Waals surface area contributed by atoms with Crippen LogP contribution in [0.1, 0.15) is 38.2 Å². The highest BCUT2D eigenvalue weighted by atomic mass is 32.2. The second-order valence-electron chi connectivity index (χ2n) is 4.95. The molecule has 0 aliphatic carbocycles. The van der Waals surface area contributed by atoms with E-state index in [1.165, 1.54) is 25.7 Å². The standard InChI is InChI=1S/C17H28O4S/c1-4-5-6-7-11-22-12-15-16(20-13-18-2)9-8-10-17(15)21-14-19-3/h8-10H,4-7,11-14H2,1-3H3. The molecule has 0 saturated carbocycles. The van der Waals surface area contributed by atoms with Crippen LogP contribution in [-0.2, 0) is 15.2 Å². The zero-order chi connectivity index (χ0) is 16.0. The first-order valence-electron chi connectivity index (χ1n) is 7.76. The molecule has 0 aliphatic rings. The highest BCUT2D eigenvalue weighted by Crippen LogP contribution is 2.32. The molecule has 0 N–H and O–H groups in total. The molecule has 0 saturated heterocycles. The molecule has 0 aromatic heterocycles. The van der Waals surface area contributed by atoms with Crippen LogP contribution in [0, 0.1) is 0 Å². The van der Waals surface area contributed by atoms with Crippen LogP contribution in [0.5, 0.6) is 11.5 Å². The number of hydrogen-bond donors (Lipinski definition) is 0. The van der Waals surface area contributed by atoms with Crippen molar-refractivity contribution in [3.05, 3.63) is 23.8 Å². The van der Waals surface area contributed by atoms with Gasteiger partial charge in [0.2, 0.25) is 0 Å². The van der Waals surface area contributed by atoms with E-state index in [9.17, 15) is 0 Å². The van der Waals surface area contributed by atoms with Crippen LogP contribution in [0.25, 0.3) is 0 Å². The van der Waals surface area contributed by atoms with E-state index >= 15 is 0 Å². The maximum atomic E-state index is 5.65. The van der Waals surface area contributed by atoms with Gasteiger partial charge in [-0.2, -0.15) is 11.8 Å². The summed E-state index contributed by atoms with van der Waals surface area (Å²) in [5, 5.41) is 0. The largest absolute Gasteiger partial charge is 0.467 e. The van der Waals surface area contributed by atoms with Crippen molar-refractivity contribution in [3.8, 4) is 11.5 Å². The maximum absolute atomic E-state index is 5.65. The summed E-state index contributed by atoms with van der Waals surface area (Å²) in [6.45, 7) is 2.71. The van der Waals surface area contributed by atoms with Gasteiger partial charge in [-0.1, -0.05) is 32.3 Å². The number of thioether (sulfide) groups is 1. The molecule has 0 unspecified atom stereocenters. The Morgan fingerprint density at radius 2 is 1.55 bits per heavy atom. The monoisotopic (exact) mass is 328 g/mol. The molecule has 0 amide bonds. The van der Waals surface area contributed by atoms with Crippen LogP contribution in [0.2, 0.25) is 0 Å². The van der Waals surface area contributed by atoms with Gasteiger partial charge in [0.15, 0.2) is 13.6 Å². The van der Waals surface area contributed by atoms with Crippen molar-refractivity contribution in [3.63, 3.8) is 0 Å². The highest BCUT2D eigenvalue weighted by molar-refractivity contribution is 7.98. The molecular formula is C17H28O4S. The minimum atomic E-state index is 0.238. The molecule has 0 atom stereocenters. The molecule has 1 aromatic rings. The van der Waals surface area contributed by atoms with Gasteiger partial charge in [-0.25, -0.2) is 0 Å². The van der Waals surface area contributed by atoms with E-state index in [-0.39, 0.29) is 13.6 Å². The Labute approximate surface area is 138 Å². The van der Waals surface area contributed by atoms with Crippen molar-refractivity contribution in [1.82, 2.24) is 0 Å². The lowest BCUT2D eigenvalue weighted by Crippen LogP contribution is -2.05. The molecule has 0 fully saturated rings. The lowest BCUT2D eigenvalue weighted by Gasteiger charge is -2.15. The number of hydrogen-bond acceptors (Lipinski definition) is 5. The van der Waals surface area contributed by atoms with E-state index in [2.05, 4.69) is 6.92 Å². The van der Waals surface area contributed by atoms with Gasteiger partial charge in [-0.15, -0.1) is 0 Å². The van der Waals surface area contributed by atoms with Crippen molar-refractivity contribution in [1.29, 1.82) is 0 Å². The molecule has 0 radical (unpaired) electrons. The average Bonchev–Trinajstić information content (AvgIpc) is 2.55. The molecule has 4 nitrogen and oxygen atoms in total. The summed E-state index contributed by atoms with van der Waals surface area (Å²) in [5.41, 5.74) is 1.07. The van der Waals surface area contributed by atoms with Crippen LogP contribution in [0.4, 0.5) is 0 Å². The van der Waals surface area contributed by atoms with Crippen molar-refractivity contribution in [2.75, 3.05) is 33.6 Å². The number of rotatable bonds is 13. The van der Waals surface area contributed by atoms with Gasteiger partial charge in [0, 0.05) is 25.5 Å². The Hall–Kier alpha value is -0.910. The normalized spacial score (nSPS) is 10.7. The first kappa shape index (κ1) is 19.1. The summed E-state index contributed by atoms with van der Waals surface area (Å²) < 4.78 is 21.3. The summed E-state index contributed by atoms with van der Waals surface area (Å²) in [7, 11) is 3.24. The highest BCUT2D eigenvalue weighted by Gasteiger charge is 2.11. The average molecular weight is 328 g/mol. The van der Waals surface area contributed by atoms with E-state index in [0.717, 1.165) is 28.6 Å². The van der Waals surface area contributed by atoms with E-state index in [1.807, 2.05) is 30.0 Å². The summed E-state index contributed by atoms with van der Waals surface area (Å²) in [6.07, 6.45) is 5.15. The zero-order valence-electron chi connectivity index (χ0n) is 13.9. The van der Waals surface area contributed by atoms with Crippen molar-refractivity contribution < 1.29 is 18.9 Å². The van der Waals surface area contributed by atoms with Gasteiger partial charge in [-0.3, -0.25) is 0 Å². The summed E-state index contributed by atoms with van der Waals surface area (Å²) in [6, 6.07) is 5.82. The van der Waals surface area contributed by atoms with Crippen molar-refractivity contribution >= 4 is 11.8 Å². The first-order valence-corrected chi connectivity index (χ1v) is 8.92. The van der Waals surface area contributed by atoms with Crippen LogP contribution >= 0.6 is 11.8 Å². The molecule has 126 valence electrons. The molecule has 1 rings (SSSR count). The summed E-state index contributed by atoms with van der Waals surface area (Å²) in [4.78, 5) is 0. The third-order valence-corrected chi connectivity index (χ3v) is 4.21. The molecule has 0 spiro atoms. The number of benzene rings is 1. The Kier molecular flexibility index (Phi) is 11.0. The number of unbranched alkanes of at least 4 members (excludes halogenated alkanes) is 3. The molecule has 0 heterocycles. The minimum absolute atomic E-state index is 0.238. The number of ether oxygens (including phenoxy) is 4. The predicted octanol–water partition coefficient (Wildman–Crippen LogP) is 4.47. The third kappa shape index (κ3) is 7.38. The molecule has 0 aliphatic heterocycles. The Balaban J connectivity index is 2.60. The van der Waals surface area contributed by atoms with Crippen molar-refractivity contribution in [2.24, 2.45) is 0 Å². The predicted molar refractivity (Wildman–Crippen MR) is 91.8 cm³/mol. The lowest BCUT2D eigenvalue weighted by atomic mass is 10.2. The summed E-state index contributed by atoms with van der Waals surface area (Å²) >= 11 is 1.91. The van der Waals surface area contributed by atoms with Crippen LogP contribution < -0.4 is 9.47 Å². The van der Waals surface area contributed by atoms with E-state index in [0.29, 0.717) is 0 Å². The van der Waals surface area contributed by atoms with Gasteiger partial charge in [-0.05, 0) is 24.3 Å². The van der Waals surface area contributed by atoms with E-state index in [4.69, 9.17) is 18.9 Å². The van der Waals surface area contributed by atoms with Crippen molar-refractivity contribution in [2.45, 2.75) is 38.4 Å². The topological polar surface area (TPSA) is 36.9 Å². The van der Waals surface area contributed by atoms with Gasteiger partial charge >= 0.3 is 0 Å². The van der Waals surface area contributed by atoms with Gasteiger partial charge in [0.25, 0.3) is 0 Å². The quantitative estimate of drug-likeness (QED) is 0.394. The lowest BCUT2D eigenvalue weighted by molar-refractivity contribution is 0.0450. The molecule has 1 aromatic carbocycles. The molecule has 0 bridgehead atoms. The van der Waals surface area contributed by atoms with E-state index < -0.39 is 0 Å². The second kappa shape index (κ2) is 12.6.